The molecular weight excluding hydrogens is 369 g/mol. The molecule has 0 atom stereocenters. The Morgan fingerprint density at radius 1 is 1.26 bits per heavy atom. The maximum atomic E-state index is 13.9. The average Bonchev–Trinajstić information content (AvgIpc) is 2.99. The molecule has 0 aliphatic carbocycles. The Bertz CT molecular complexity index is 922. The van der Waals surface area contributed by atoms with Crippen molar-refractivity contribution in [1.82, 2.24) is 9.55 Å². The van der Waals surface area contributed by atoms with Crippen LogP contribution in [0, 0.1) is 5.82 Å². The number of halogens is 2. The number of nitrogens with one attached hydrogen (secondary N) is 1. The van der Waals surface area contributed by atoms with E-state index in [2.05, 4.69) is 10.3 Å². The number of fused-ring (bicyclic) bond motifs is 1. The Labute approximate surface area is 162 Å². The fraction of sp³-hybridized carbons (Fsp3) is 0.300. The second kappa shape index (κ2) is 8.97. The van der Waals surface area contributed by atoms with Crippen LogP contribution in [0.4, 0.5) is 10.3 Å². The van der Waals surface area contributed by atoms with E-state index in [-0.39, 0.29) is 22.9 Å². The number of ether oxygens (including phenoxy) is 1. The van der Waals surface area contributed by atoms with Gasteiger partial charge in [-0.1, -0.05) is 29.8 Å². The molecule has 0 fully saturated rings. The minimum Gasteiger partial charge on any atom is -0.382 e. The number of hydrogen-bond acceptors (Lipinski definition) is 3. The lowest BCUT2D eigenvalue weighted by atomic mass is 10.1. The van der Waals surface area contributed by atoms with E-state index in [9.17, 15) is 9.18 Å². The van der Waals surface area contributed by atoms with E-state index in [4.69, 9.17) is 16.3 Å². The van der Waals surface area contributed by atoms with E-state index in [1.165, 1.54) is 12.1 Å². The molecule has 0 saturated carbocycles. The monoisotopic (exact) mass is 389 g/mol. The van der Waals surface area contributed by atoms with Crippen molar-refractivity contribution in [3.05, 3.63) is 58.9 Å². The Morgan fingerprint density at radius 3 is 2.85 bits per heavy atom. The zero-order chi connectivity index (χ0) is 19.2. The summed E-state index contributed by atoms with van der Waals surface area (Å²) in [4.78, 5) is 17.0. The predicted octanol–water partition coefficient (Wildman–Crippen LogP) is 4.44. The second-order valence-corrected chi connectivity index (χ2v) is 6.46. The second-order valence-electron chi connectivity index (χ2n) is 6.05. The van der Waals surface area contributed by atoms with Gasteiger partial charge in [-0.25, -0.2) is 9.37 Å². The molecule has 0 radical (unpaired) electrons. The van der Waals surface area contributed by atoms with Gasteiger partial charge in [-0.15, -0.1) is 0 Å². The Hall–Kier alpha value is -2.44. The summed E-state index contributed by atoms with van der Waals surface area (Å²) in [5.41, 5.74) is 1.89. The lowest BCUT2D eigenvalue weighted by Gasteiger charge is -2.11. The highest BCUT2D eigenvalue weighted by Gasteiger charge is 2.16. The van der Waals surface area contributed by atoms with Crippen molar-refractivity contribution in [2.75, 3.05) is 18.5 Å². The molecule has 1 heterocycles. The molecule has 1 amide bonds. The van der Waals surface area contributed by atoms with Gasteiger partial charge in [0.25, 0.3) is 0 Å². The van der Waals surface area contributed by atoms with E-state index < -0.39 is 5.82 Å². The summed E-state index contributed by atoms with van der Waals surface area (Å²) < 4.78 is 21.3. The number of aryl methyl sites for hydroxylation is 1. The van der Waals surface area contributed by atoms with Crippen molar-refractivity contribution in [3.63, 3.8) is 0 Å². The third kappa shape index (κ3) is 4.64. The van der Waals surface area contributed by atoms with Crippen LogP contribution in [0.15, 0.2) is 42.5 Å². The van der Waals surface area contributed by atoms with Gasteiger partial charge in [0.2, 0.25) is 11.9 Å². The van der Waals surface area contributed by atoms with Crippen LogP contribution in [0.3, 0.4) is 0 Å². The first-order valence-corrected chi connectivity index (χ1v) is 9.23. The molecule has 5 nitrogen and oxygen atoms in total. The van der Waals surface area contributed by atoms with E-state index in [0.29, 0.717) is 25.7 Å². The SMILES string of the molecule is CCOCCCn1c(NC(=O)Cc2c(F)cccc2Cl)nc2ccccc21. The first-order valence-electron chi connectivity index (χ1n) is 8.86. The smallest absolute Gasteiger partial charge is 0.231 e. The highest BCUT2D eigenvalue weighted by atomic mass is 35.5. The molecule has 0 aliphatic heterocycles. The number of benzene rings is 2. The van der Waals surface area contributed by atoms with Gasteiger partial charge in [0.15, 0.2) is 0 Å². The molecule has 0 aliphatic rings. The number of hydrogen-bond donors (Lipinski definition) is 1. The van der Waals surface area contributed by atoms with Crippen molar-refractivity contribution in [2.45, 2.75) is 26.3 Å². The fourth-order valence-corrected chi connectivity index (χ4v) is 3.13. The number of aromatic nitrogens is 2. The summed E-state index contributed by atoms with van der Waals surface area (Å²) in [6.45, 7) is 3.89. The molecule has 142 valence electrons. The summed E-state index contributed by atoms with van der Waals surface area (Å²) in [7, 11) is 0. The zero-order valence-corrected chi connectivity index (χ0v) is 15.8. The molecule has 1 N–H and O–H groups in total. The lowest BCUT2D eigenvalue weighted by Crippen LogP contribution is -2.19. The molecule has 2 aromatic carbocycles. The molecule has 0 saturated heterocycles. The van der Waals surface area contributed by atoms with Crippen LogP contribution in [0.5, 0.6) is 0 Å². The summed E-state index contributed by atoms with van der Waals surface area (Å²) in [6, 6.07) is 12.0. The number of rotatable bonds is 8. The Morgan fingerprint density at radius 2 is 2.07 bits per heavy atom. The van der Waals surface area contributed by atoms with Gasteiger partial charge < -0.3 is 9.30 Å². The Kier molecular flexibility index (Phi) is 6.42. The average molecular weight is 390 g/mol. The topological polar surface area (TPSA) is 56.1 Å². The fourth-order valence-electron chi connectivity index (χ4n) is 2.90. The van der Waals surface area contributed by atoms with Gasteiger partial charge in [0.05, 0.1) is 17.5 Å². The van der Waals surface area contributed by atoms with E-state index in [1.54, 1.807) is 6.07 Å². The van der Waals surface area contributed by atoms with Crippen LogP contribution >= 0.6 is 11.6 Å². The quantitative estimate of drug-likeness (QED) is 0.579. The summed E-state index contributed by atoms with van der Waals surface area (Å²) >= 11 is 6.02. The van der Waals surface area contributed by atoms with Gasteiger partial charge in [-0.3, -0.25) is 10.1 Å². The molecule has 7 heteroatoms. The van der Waals surface area contributed by atoms with Crippen molar-refractivity contribution >= 4 is 34.5 Å². The van der Waals surface area contributed by atoms with Crippen LogP contribution in [-0.2, 0) is 22.5 Å². The number of anilines is 1. The highest BCUT2D eigenvalue weighted by molar-refractivity contribution is 6.31. The van der Waals surface area contributed by atoms with Gasteiger partial charge >= 0.3 is 0 Å². The minimum atomic E-state index is -0.497. The van der Waals surface area contributed by atoms with Gasteiger partial charge in [-0.2, -0.15) is 0 Å². The van der Waals surface area contributed by atoms with Gasteiger partial charge in [0, 0.05) is 30.3 Å². The lowest BCUT2D eigenvalue weighted by molar-refractivity contribution is -0.115. The zero-order valence-electron chi connectivity index (χ0n) is 15.0. The van der Waals surface area contributed by atoms with Crippen LogP contribution in [0.2, 0.25) is 5.02 Å². The van der Waals surface area contributed by atoms with Crippen molar-refractivity contribution in [2.24, 2.45) is 0 Å². The number of carbonyl (C=O) groups excluding carboxylic acids is 1. The number of imidazole rings is 1. The molecule has 0 spiro atoms. The van der Waals surface area contributed by atoms with Crippen molar-refractivity contribution in [3.8, 4) is 0 Å². The molecule has 0 unspecified atom stereocenters. The summed E-state index contributed by atoms with van der Waals surface area (Å²) in [5.74, 6) is -0.434. The van der Waals surface area contributed by atoms with E-state index in [1.807, 2.05) is 35.8 Å². The third-order valence-electron chi connectivity index (χ3n) is 4.18. The maximum absolute atomic E-state index is 13.9. The summed E-state index contributed by atoms with van der Waals surface area (Å²) in [5, 5.41) is 3.02. The van der Waals surface area contributed by atoms with Gasteiger partial charge in [-0.05, 0) is 37.6 Å². The molecule has 0 bridgehead atoms. The number of nitrogens with zero attached hydrogens (tertiary/aromatic N) is 2. The molecule has 27 heavy (non-hydrogen) atoms. The molecule has 3 rings (SSSR count). The minimum absolute atomic E-state index is 0.159. The van der Waals surface area contributed by atoms with Gasteiger partial charge in [0.1, 0.15) is 5.82 Å². The molecular formula is C20H21ClFN3O2. The molecule has 1 aromatic heterocycles. The third-order valence-corrected chi connectivity index (χ3v) is 4.53. The van der Waals surface area contributed by atoms with Crippen LogP contribution in [-0.4, -0.2) is 28.7 Å². The Balaban J connectivity index is 1.79. The number of amides is 1. The normalized spacial score (nSPS) is 11.1. The van der Waals surface area contributed by atoms with Crippen molar-refractivity contribution < 1.29 is 13.9 Å². The number of carbonyl (C=O) groups is 1. The largest absolute Gasteiger partial charge is 0.382 e. The summed E-state index contributed by atoms with van der Waals surface area (Å²) in [6.07, 6.45) is 0.629. The first kappa shape index (κ1) is 19.3. The standard InChI is InChI=1S/C20H21ClFN3O2/c1-2-27-12-6-11-25-18-10-4-3-9-17(18)23-20(25)24-19(26)13-14-15(21)7-5-8-16(14)22/h3-5,7-10H,2,6,11-13H2,1H3,(H,23,24,26). The predicted molar refractivity (Wildman–Crippen MR) is 105 cm³/mol. The van der Waals surface area contributed by atoms with E-state index >= 15 is 0 Å². The molecule has 3 aromatic rings. The highest BCUT2D eigenvalue weighted by Crippen LogP contribution is 2.22. The number of para-hydroxylation sites is 2. The van der Waals surface area contributed by atoms with Crippen molar-refractivity contribution in [1.29, 1.82) is 0 Å². The van der Waals surface area contributed by atoms with Crippen LogP contribution in [0.1, 0.15) is 18.9 Å². The van der Waals surface area contributed by atoms with Crippen LogP contribution in [0.25, 0.3) is 11.0 Å². The maximum Gasteiger partial charge on any atom is 0.231 e. The van der Waals surface area contributed by atoms with Crippen LogP contribution < -0.4 is 5.32 Å². The van der Waals surface area contributed by atoms with E-state index in [0.717, 1.165) is 17.5 Å². The first-order chi connectivity index (χ1) is 13.1.